The van der Waals surface area contributed by atoms with E-state index < -0.39 is 23.9 Å². The van der Waals surface area contributed by atoms with Crippen molar-refractivity contribution in [3.63, 3.8) is 0 Å². The van der Waals surface area contributed by atoms with E-state index in [1.165, 1.54) is 19.2 Å². The van der Waals surface area contributed by atoms with Crippen LogP contribution in [0.4, 0.5) is 0 Å². The van der Waals surface area contributed by atoms with Crippen molar-refractivity contribution in [2.45, 2.75) is 25.3 Å². The van der Waals surface area contributed by atoms with E-state index in [1.807, 2.05) is 0 Å². The SMILES string of the molecule is C#CCOC(=O)CCC(=O)N[C@@H](Cc1ccc(O)cc1)C(=O)OC. The van der Waals surface area contributed by atoms with E-state index >= 15 is 0 Å². The molecule has 0 aliphatic carbocycles. The lowest BCUT2D eigenvalue weighted by molar-refractivity contribution is -0.145. The maximum Gasteiger partial charge on any atom is 0.328 e. The number of esters is 2. The molecular formula is C17H19NO6. The number of carbonyl (C=O) groups excluding carboxylic acids is 3. The average Bonchev–Trinajstić information content (AvgIpc) is 2.58. The van der Waals surface area contributed by atoms with Gasteiger partial charge < -0.3 is 19.9 Å². The number of rotatable bonds is 8. The zero-order valence-corrected chi connectivity index (χ0v) is 13.3. The summed E-state index contributed by atoms with van der Waals surface area (Å²) in [4.78, 5) is 35.0. The Morgan fingerprint density at radius 1 is 1.25 bits per heavy atom. The topological polar surface area (TPSA) is 102 Å². The fourth-order valence-corrected chi connectivity index (χ4v) is 1.88. The van der Waals surface area contributed by atoms with Gasteiger partial charge in [0, 0.05) is 12.8 Å². The fraction of sp³-hybridized carbons (Fsp3) is 0.353. The Bertz CT molecular complexity index is 617. The third-order valence-electron chi connectivity index (χ3n) is 3.07. The van der Waals surface area contributed by atoms with E-state index in [0.717, 1.165) is 5.56 Å². The van der Waals surface area contributed by atoms with E-state index in [4.69, 9.17) is 6.42 Å². The van der Waals surface area contributed by atoms with E-state index in [1.54, 1.807) is 12.1 Å². The smallest absolute Gasteiger partial charge is 0.328 e. The number of benzene rings is 1. The van der Waals surface area contributed by atoms with Gasteiger partial charge in [-0.1, -0.05) is 18.1 Å². The van der Waals surface area contributed by atoms with Gasteiger partial charge in [0.1, 0.15) is 11.8 Å². The van der Waals surface area contributed by atoms with Crippen molar-refractivity contribution < 1.29 is 29.0 Å². The molecule has 2 N–H and O–H groups in total. The molecule has 0 heterocycles. The highest BCUT2D eigenvalue weighted by Gasteiger charge is 2.22. The Kier molecular flexibility index (Phi) is 7.85. The van der Waals surface area contributed by atoms with Crippen molar-refractivity contribution >= 4 is 17.8 Å². The summed E-state index contributed by atoms with van der Waals surface area (Å²) in [6, 6.07) is 5.33. The van der Waals surface area contributed by atoms with Crippen molar-refractivity contribution in [2.75, 3.05) is 13.7 Å². The summed E-state index contributed by atoms with van der Waals surface area (Å²) < 4.78 is 9.32. The number of carbonyl (C=O) groups is 3. The van der Waals surface area contributed by atoms with Gasteiger partial charge in [0.05, 0.1) is 13.5 Å². The highest BCUT2D eigenvalue weighted by atomic mass is 16.5. The summed E-state index contributed by atoms with van der Waals surface area (Å²) >= 11 is 0. The number of ether oxygens (including phenoxy) is 2. The van der Waals surface area contributed by atoms with Crippen molar-refractivity contribution in [2.24, 2.45) is 0 Å². The minimum absolute atomic E-state index is 0.0999. The van der Waals surface area contributed by atoms with E-state index in [0.29, 0.717) is 0 Å². The molecule has 0 unspecified atom stereocenters. The number of amides is 1. The summed E-state index contributed by atoms with van der Waals surface area (Å²) in [7, 11) is 1.22. The van der Waals surface area contributed by atoms with Crippen molar-refractivity contribution in [1.82, 2.24) is 5.32 Å². The summed E-state index contributed by atoms with van der Waals surface area (Å²) in [5, 5.41) is 11.8. The Morgan fingerprint density at radius 3 is 2.50 bits per heavy atom. The van der Waals surface area contributed by atoms with Gasteiger partial charge in [-0.05, 0) is 17.7 Å². The minimum Gasteiger partial charge on any atom is -0.508 e. The predicted octanol–water partition coefficient (Wildman–Crippen LogP) is 0.549. The zero-order valence-electron chi connectivity index (χ0n) is 13.3. The van der Waals surface area contributed by atoms with E-state index in [2.05, 4.69) is 20.7 Å². The highest BCUT2D eigenvalue weighted by Crippen LogP contribution is 2.12. The van der Waals surface area contributed by atoms with Crippen LogP contribution in [0, 0.1) is 12.3 Å². The fourth-order valence-electron chi connectivity index (χ4n) is 1.88. The highest BCUT2D eigenvalue weighted by molar-refractivity contribution is 5.86. The normalized spacial score (nSPS) is 11.0. The first-order chi connectivity index (χ1) is 11.5. The monoisotopic (exact) mass is 333 g/mol. The van der Waals surface area contributed by atoms with Crippen LogP contribution >= 0.6 is 0 Å². The minimum atomic E-state index is -0.895. The molecule has 1 aromatic rings. The molecule has 0 saturated carbocycles. The largest absolute Gasteiger partial charge is 0.508 e. The van der Waals surface area contributed by atoms with Crippen molar-refractivity contribution in [3.05, 3.63) is 29.8 Å². The average molecular weight is 333 g/mol. The maximum absolute atomic E-state index is 11.9. The first-order valence-corrected chi connectivity index (χ1v) is 7.20. The van der Waals surface area contributed by atoms with Crippen LogP contribution in [0.3, 0.4) is 0 Å². The predicted molar refractivity (Wildman–Crippen MR) is 84.8 cm³/mol. The number of aromatic hydroxyl groups is 1. The van der Waals surface area contributed by atoms with Crippen LogP contribution in [-0.4, -0.2) is 42.7 Å². The summed E-state index contributed by atoms with van der Waals surface area (Å²) in [5.41, 5.74) is 0.733. The van der Waals surface area contributed by atoms with Gasteiger partial charge in [0.15, 0.2) is 6.61 Å². The lowest BCUT2D eigenvalue weighted by atomic mass is 10.1. The molecule has 1 amide bonds. The van der Waals surface area contributed by atoms with Crippen LogP contribution in [0.5, 0.6) is 5.75 Å². The lowest BCUT2D eigenvalue weighted by Gasteiger charge is -2.16. The van der Waals surface area contributed by atoms with Gasteiger partial charge in [-0.25, -0.2) is 4.79 Å². The number of terminal acetylenes is 1. The molecule has 0 aliphatic heterocycles. The summed E-state index contributed by atoms with van der Waals surface area (Å²) in [6.07, 6.45) is 4.88. The van der Waals surface area contributed by atoms with Crippen LogP contribution in [0.2, 0.25) is 0 Å². The Labute approximate surface area is 140 Å². The quantitative estimate of drug-likeness (QED) is 0.532. The first kappa shape index (κ1) is 19.0. The van der Waals surface area contributed by atoms with E-state index in [-0.39, 0.29) is 31.6 Å². The third kappa shape index (κ3) is 6.83. The molecule has 0 bridgehead atoms. The number of nitrogens with one attached hydrogen (secondary N) is 1. The second-order valence-corrected chi connectivity index (χ2v) is 4.88. The standard InChI is InChI=1S/C17H19NO6/c1-3-10-24-16(21)9-8-15(20)18-14(17(22)23-2)11-12-4-6-13(19)7-5-12/h1,4-7,14,19H,8-11H2,2H3,(H,18,20)/t14-/m0/s1. The molecule has 0 aromatic heterocycles. The zero-order chi connectivity index (χ0) is 17.9. The molecule has 0 saturated heterocycles. The number of phenols is 1. The number of phenolic OH excluding ortho intramolecular Hbond substituents is 1. The molecule has 1 rings (SSSR count). The van der Waals surface area contributed by atoms with E-state index in [9.17, 15) is 19.5 Å². The molecule has 0 radical (unpaired) electrons. The maximum atomic E-state index is 11.9. The number of hydrogen-bond acceptors (Lipinski definition) is 6. The second-order valence-electron chi connectivity index (χ2n) is 4.88. The van der Waals surface area contributed by atoms with Gasteiger partial charge in [-0.3, -0.25) is 9.59 Å². The number of methoxy groups -OCH3 is 1. The Morgan fingerprint density at radius 2 is 1.92 bits per heavy atom. The van der Waals surface area contributed by atoms with Gasteiger partial charge >= 0.3 is 11.9 Å². The molecule has 128 valence electrons. The van der Waals surface area contributed by atoms with Crippen molar-refractivity contribution in [3.8, 4) is 18.1 Å². The van der Waals surface area contributed by atoms with Crippen LogP contribution in [-0.2, 0) is 30.3 Å². The molecule has 0 spiro atoms. The number of hydrogen-bond donors (Lipinski definition) is 2. The van der Waals surface area contributed by atoms with Gasteiger partial charge in [-0.15, -0.1) is 6.42 Å². The second kappa shape index (κ2) is 9.90. The molecular weight excluding hydrogens is 314 g/mol. The molecule has 7 nitrogen and oxygen atoms in total. The third-order valence-corrected chi connectivity index (χ3v) is 3.07. The first-order valence-electron chi connectivity index (χ1n) is 7.20. The molecule has 0 aliphatic rings. The van der Waals surface area contributed by atoms with Crippen LogP contribution in [0.1, 0.15) is 18.4 Å². The van der Waals surface area contributed by atoms with Gasteiger partial charge in [0.25, 0.3) is 0 Å². The lowest BCUT2D eigenvalue weighted by Crippen LogP contribution is -2.43. The van der Waals surface area contributed by atoms with Crippen molar-refractivity contribution in [1.29, 1.82) is 0 Å². The summed E-state index contributed by atoms with van der Waals surface area (Å²) in [5.74, 6) is 0.573. The van der Waals surface area contributed by atoms with Gasteiger partial charge in [0.2, 0.25) is 5.91 Å². The Balaban J connectivity index is 2.57. The summed E-state index contributed by atoms with van der Waals surface area (Å²) in [6.45, 7) is -0.147. The van der Waals surface area contributed by atoms with Gasteiger partial charge in [-0.2, -0.15) is 0 Å². The molecule has 7 heteroatoms. The van der Waals surface area contributed by atoms with Crippen LogP contribution < -0.4 is 5.32 Å². The molecule has 1 atom stereocenters. The van der Waals surface area contributed by atoms with Crippen LogP contribution in [0.15, 0.2) is 24.3 Å². The molecule has 0 fully saturated rings. The molecule has 24 heavy (non-hydrogen) atoms. The van der Waals surface area contributed by atoms with Crippen LogP contribution in [0.25, 0.3) is 0 Å². The Hall–Kier alpha value is -3.01. The molecule has 1 aromatic carbocycles.